The van der Waals surface area contributed by atoms with E-state index in [-0.39, 0.29) is 71.1 Å². The number of carbonyl (C=O) groups is 5. The molecule has 3 aromatic rings. The van der Waals surface area contributed by atoms with Crippen molar-refractivity contribution in [2.75, 3.05) is 55.6 Å². The number of hydrogen-bond acceptors (Lipinski definition) is 11. The van der Waals surface area contributed by atoms with Crippen molar-refractivity contribution in [2.24, 2.45) is 29.6 Å². The smallest absolute Gasteiger partial charge is 0.229 e. The second-order valence-electron chi connectivity index (χ2n) is 19.0. The second-order valence-corrected chi connectivity index (χ2v) is 19.4. The number of halogens is 2. The van der Waals surface area contributed by atoms with Crippen molar-refractivity contribution in [3.05, 3.63) is 81.3 Å². The minimum atomic E-state index is -0.561. The minimum Gasteiger partial charge on any atom is -0.490 e. The highest BCUT2D eigenvalue weighted by atomic mass is 35.5. The highest BCUT2D eigenvalue weighted by Crippen LogP contribution is 2.38. The molecule has 3 atom stereocenters. The van der Waals surface area contributed by atoms with Gasteiger partial charge >= 0.3 is 0 Å². The standard InChI is InChI=1S/C50H56ClFN6O6/c51-41-25-37(10-5-35(41)28-53)64-36-8-1-30(2-9-36)23-33-6-12-43-38(48(33)61)11-13-46(54-43)58-21-19-56(20-22-58)29-31-15-17-57(18-16-31)44-27-40-39(26-42(44)52)45(59)24-34(49(40)62)4-3-32-7-14-47(60)55-50(32)63/h5,10-11,13,25-27,30-34,36H,1-4,6-9,12,14-24,29H2,(H,55,60,63). The van der Waals surface area contributed by atoms with Gasteiger partial charge in [-0.25, -0.2) is 9.37 Å². The fourth-order valence-electron chi connectivity index (χ4n) is 11.1. The number of aromatic nitrogens is 1. The summed E-state index contributed by atoms with van der Waals surface area (Å²) in [6, 6.07) is 14.1. The first-order valence-electron chi connectivity index (χ1n) is 23.4. The molecule has 12 nitrogen and oxygen atoms in total. The molecule has 3 aliphatic carbocycles. The average Bonchev–Trinajstić information content (AvgIpc) is 3.29. The van der Waals surface area contributed by atoms with E-state index in [1.54, 1.807) is 24.3 Å². The first-order valence-corrected chi connectivity index (χ1v) is 23.7. The van der Waals surface area contributed by atoms with Crippen LogP contribution in [0.5, 0.6) is 5.75 Å². The molecular formula is C50H56ClFN6O6. The number of ether oxygens (including phenoxy) is 1. The molecule has 4 heterocycles. The number of ketones is 3. The number of rotatable bonds is 11. The van der Waals surface area contributed by atoms with E-state index in [1.165, 1.54) is 6.07 Å². The van der Waals surface area contributed by atoms with Crippen molar-refractivity contribution in [1.29, 1.82) is 5.26 Å². The summed E-state index contributed by atoms with van der Waals surface area (Å²) < 4.78 is 21.7. The molecule has 0 radical (unpaired) electrons. The number of pyridine rings is 1. The zero-order valence-electron chi connectivity index (χ0n) is 36.3. The van der Waals surface area contributed by atoms with Crippen molar-refractivity contribution in [2.45, 2.75) is 96.0 Å². The Bertz CT molecular complexity index is 2360. The molecule has 1 aromatic heterocycles. The monoisotopic (exact) mass is 890 g/mol. The van der Waals surface area contributed by atoms with E-state index in [1.807, 2.05) is 17.0 Å². The van der Waals surface area contributed by atoms with Gasteiger partial charge in [0.15, 0.2) is 17.3 Å². The number of fused-ring (bicyclic) bond motifs is 2. The second kappa shape index (κ2) is 19.1. The minimum absolute atomic E-state index is 0.00431. The first-order chi connectivity index (χ1) is 31.0. The maximum atomic E-state index is 15.6. The number of imide groups is 1. The van der Waals surface area contributed by atoms with Crippen LogP contribution in [0.3, 0.4) is 0 Å². The molecule has 1 N–H and O–H groups in total. The maximum absolute atomic E-state index is 15.6. The molecule has 3 unspecified atom stereocenters. The van der Waals surface area contributed by atoms with Gasteiger partial charge in [-0.1, -0.05) is 11.6 Å². The summed E-state index contributed by atoms with van der Waals surface area (Å²) in [5, 5.41) is 11.9. The van der Waals surface area contributed by atoms with Gasteiger partial charge in [0.1, 0.15) is 23.5 Å². The number of anilines is 2. The Morgan fingerprint density at radius 1 is 0.750 bits per heavy atom. The van der Waals surface area contributed by atoms with Crippen LogP contribution in [-0.2, 0) is 16.0 Å². The van der Waals surface area contributed by atoms with Crippen LogP contribution in [0.2, 0.25) is 5.02 Å². The van der Waals surface area contributed by atoms with Crippen molar-refractivity contribution < 1.29 is 33.1 Å². The van der Waals surface area contributed by atoms with Crippen molar-refractivity contribution >= 4 is 52.3 Å². The fourth-order valence-corrected chi connectivity index (χ4v) is 11.3. The van der Waals surface area contributed by atoms with Gasteiger partial charge in [-0.05, 0) is 125 Å². The number of amides is 2. The summed E-state index contributed by atoms with van der Waals surface area (Å²) in [4.78, 5) is 76.1. The maximum Gasteiger partial charge on any atom is 0.229 e. The molecule has 336 valence electrons. The van der Waals surface area contributed by atoms with Gasteiger partial charge in [-0.15, -0.1) is 0 Å². The molecule has 14 heteroatoms. The number of Topliss-reactive ketones (excluding diaryl/α,β-unsaturated/α-hetero) is 3. The van der Waals surface area contributed by atoms with Crippen molar-refractivity contribution in [3.63, 3.8) is 0 Å². The predicted molar refractivity (Wildman–Crippen MR) is 239 cm³/mol. The number of aryl methyl sites for hydroxylation is 1. The molecule has 0 spiro atoms. The summed E-state index contributed by atoms with van der Waals surface area (Å²) in [5.41, 5.74) is 2.92. The van der Waals surface area contributed by atoms with Crippen molar-refractivity contribution in [3.8, 4) is 11.8 Å². The fraction of sp³-hybridized carbons (Fsp3) is 0.540. The molecule has 2 aromatic carbocycles. The van der Waals surface area contributed by atoms with E-state index in [2.05, 4.69) is 21.2 Å². The first kappa shape index (κ1) is 44.0. The van der Waals surface area contributed by atoms with E-state index >= 15 is 4.39 Å². The summed E-state index contributed by atoms with van der Waals surface area (Å²) in [5.74, 6) is 0.415. The number of hydrogen-bond donors (Lipinski definition) is 1. The van der Waals surface area contributed by atoms with Crippen LogP contribution in [-0.4, -0.2) is 91.0 Å². The Hall–Kier alpha value is -5.19. The predicted octanol–water partition coefficient (Wildman–Crippen LogP) is 7.78. The Morgan fingerprint density at radius 3 is 2.22 bits per heavy atom. The third kappa shape index (κ3) is 9.59. The van der Waals surface area contributed by atoms with Gasteiger partial charge in [-0.2, -0.15) is 5.26 Å². The van der Waals surface area contributed by atoms with Gasteiger partial charge in [-0.3, -0.25) is 34.2 Å². The normalized spacial score (nSPS) is 25.7. The summed E-state index contributed by atoms with van der Waals surface area (Å²) in [7, 11) is 0. The lowest BCUT2D eigenvalue weighted by molar-refractivity contribution is -0.136. The number of nitrogens with zero attached hydrogens (tertiary/aromatic N) is 5. The summed E-state index contributed by atoms with van der Waals surface area (Å²) >= 11 is 6.20. The lowest BCUT2D eigenvalue weighted by atomic mass is 9.75. The van der Waals surface area contributed by atoms with E-state index < -0.39 is 11.7 Å². The molecule has 1 saturated carbocycles. The Labute approximate surface area is 378 Å². The number of nitrogens with one attached hydrogen (secondary N) is 1. The molecule has 3 saturated heterocycles. The van der Waals surface area contributed by atoms with Crippen LogP contribution in [0, 0.1) is 46.7 Å². The van der Waals surface area contributed by atoms with Gasteiger partial charge in [0.05, 0.1) is 28.1 Å². The van der Waals surface area contributed by atoms with Crippen LogP contribution < -0.4 is 19.9 Å². The number of nitriles is 1. The largest absolute Gasteiger partial charge is 0.490 e. The van der Waals surface area contributed by atoms with Crippen LogP contribution in [0.1, 0.15) is 126 Å². The SMILES string of the molecule is N#Cc1ccc(OC2CCC(CC3CCc4nc(N5CCN(CC6CCN(c7cc8c(cc7F)C(=O)CC(CCC7CCC(=O)NC7=O)C8=O)CC6)CC5)ccc4C3=O)CC2)cc1Cl. The topological polar surface area (TPSA) is 153 Å². The van der Waals surface area contributed by atoms with E-state index in [0.717, 1.165) is 108 Å². The number of carbonyl (C=O) groups excluding carboxylic acids is 5. The third-order valence-electron chi connectivity index (χ3n) is 14.9. The van der Waals surface area contributed by atoms with Crippen molar-refractivity contribution in [1.82, 2.24) is 15.2 Å². The molecular weight excluding hydrogens is 835 g/mol. The van der Waals surface area contributed by atoms with E-state index in [4.69, 9.17) is 26.6 Å². The van der Waals surface area contributed by atoms with Crippen LogP contribution in [0.25, 0.3) is 0 Å². The zero-order valence-corrected chi connectivity index (χ0v) is 37.1. The van der Waals surface area contributed by atoms with E-state index in [9.17, 15) is 24.0 Å². The van der Waals surface area contributed by atoms with Gasteiger partial charge < -0.3 is 14.5 Å². The Balaban J connectivity index is 0.715. The number of benzene rings is 2. The van der Waals surface area contributed by atoms with Crippen LogP contribution >= 0.6 is 11.6 Å². The number of piperidine rings is 2. The molecule has 64 heavy (non-hydrogen) atoms. The highest BCUT2D eigenvalue weighted by Gasteiger charge is 2.37. The third-order valence-corrected chi connectivity index (χ3v) is 15.3. The van der Waals surface area contributed by atoms with Gasteiger partial charge in [0.25, 0.3) is 0 Å². The molecule has 9 rings (SSSR count). The molecule has 0 bridgehead atoms. The number of piperazine rings is 1. The van der Waals surface area contributed by atoms with Crippen LogP contribution in [0.4, 0.5) is 15.9 Å². The van der Waals surface area contributed by atoms with Gasteiger partial charge in [0.2, 0.25) is 11.8 Å². The molecule has 2 amide bonds. The highest BCUT2D eigenvalue weighted by molar-refractivity contribution is 6.31. The summed E-state index contributed by atoms with van der Waals surface area (Å²) in [6.07, 6.45) is 9.87. The Morgan fingerprint density at radius 2 is 1.48 bits per heavy atom. The summed E-state index contributed by atoms with van der Waals surface area (Å²) in [6.45, 7) is 5.81. The molecule has 3 aliphatic heterocycles. The lowest BCUT2D eigenvalue weighted by Gasteiger charge is -2.40. The molecule has 6 aliphatic rings. The lowest BCUT2D eigenvalue weighted by Crippen LogP contribution is -2.49. The zero-order chi connectivity index (χ0) is 44.5. The average molecular weight is 891 g/mol. The molecule has 4 fully saturated rings. The van der Waals surface area contributed by atoms with Gasteiger partial charge in [0, 0.05) is 99.2 Å². The Kier molecular flexibility index (Phi) is 13.1. The quantitative estimate of drug-likeness (QED) is 0.188. The van der Waals surface area contributed by atoms with E-state index in [0.29, 0.717) is 66.2 Å². The van der Waals surface area contributed by atoms with Crippen LogP contribution in [0.15, 0.2) is 42.5 Å².